The Bertz CT molecular complexity index is 567. The van der Waals surface area contributed by atoms with Gasteiger partial charge in [-0.15, -0.1) is 0 Å². The Morgan fingerprint density at radius 2 is 1.88 bits per heavy atom. The molecule has 2 aromatic rings. The van der Waals surface area contributed by atoms with Gasteiger partial charge >= 0.3 is 5.97 Å². The molecule has 0 radical (unpaired) electrons. The summed E-state index contributed by atoms with van der Waals surface area (Å²) in [6, 6.07) is 3.50. The van der Waals surface area contributed by atoms with Gasteiger partial charge in [-0.3, -0.25) is 0 Å². The first-order valence-corrected chi connectivity index (χ1v) is 5.08. The van der Waals surface area contributed by atoms with Crippen molar-refractivity contribution in [3.8, 4) is 11.4 Å². The zero-order chi connectivity index (χ0) is 12.4. The number of hydrogen-bond acceptors (Lipinski definition) is 4. The predicted molar refractivity (Wildman–Crippen MR) is 61.7 cm³/mol. The van der Waals surface area contributed by atoms with E-state index in [9.17, 15) is 4.79 Å². The molecule has 0 atom stereocenters. The number of aryl methyl sites for hydroxylation is 2. The summed E-state index contributed by atoms with van der Waals surface area (Å²) in [5.74, 6) is -0.686. The highest BCUT2D eigenvalue weighted by molar-refractivity contribution is 5.93. The maximum Gasteiger partial charge on any atom is 0.355 e. The van der Waals surface area contributed by atoms with Crippen LogP contribution in [0.15, 0.2) is 24.5 Å². The normalized spacial score (nSPS) is 10.2. The first-order valence-electron chi connectivity index (χ1n) is 5.08. The minimum absolute atomic E-state index is 0.00583. The van der Waals surface area contributed by atoms with Gasteiger partial charge in [0.2, 0.25) is 0 Å². The number of carbonyl (C=O) groups is 1. The number of rotatable bonds is 2. The van der Waals surface area contributed by atoms with Gasteiger partial charge in [0.15, 0.2) is 11.5 Å². The van der Waals surface area contributed by atoms with Gasteiger partial charge in [-0.2, -0.15) is 0 Å². The van der Waals surface area contributed by atoms with Crippen molar-refractivity contribution in [1.29, 1.82) is 0 Å². The maximum absolute atomic E-state index is 11.2. The molecule has 0 aromatic carbocycles. The molecule has 17 heavy (non-hydrogen) atoms. The first kappa shape index (κ1) is 11.2. The van der Waals surface area contributed by atoms with Crippen LogP contribution in [-0.4, -0.2) is 26.0 Å². The van der Waals surface area contributed by atoms with Crippen LogP contribution in [0.2, 0.25) is 0 Å². The molecule has 2 heterocycles. The van der Waals surface area contributed by atoms with Crippen molar-refractivity contribution < 1.29 is 9.90 Å². The zero-order valence-corrected chi connectivity index (χ0v) is 9.51. The maximum atomic E-state index is 11.2. The van der Waals surface area contributed by atoms with Crippen LogP contribution in [-0.2, 0) is 0 Å². The van der Waals surface area contributed by atoms with Crippen LogP contribution in [0.5, 0.6) is 0 Å². The lowest BCUT2D eigenvalue weighted by atomic mass is 10.1. The van der Waals surface area contributed by atoms with E-state index in [-0.39, 0.29) is 5.69 Å². The van der Waals surface area contributed by atoms with Crippen molar-refractivity contribution in [3.05, 3.63) is 41.5 Å². The second-order valence-corrected chi connectivity index (χ2v) is 3.68. The van der Waals surface area contributed by atoms with Gasteiger partial charge in [-0.1, -0.05) is 0 Å². The molecule has 0 aliphatic rings. The molecular weight excluding hydrogens is 218 g/mol. The fourth-order valence-electron chi connectivity index (χ4n) is 1.70. The van der Waals surface area contributed by atoms with Gasteiger partial charge in [0.25, 0.3) is 0 Å². The third-order valence-electron chi connectivity index (χ3n) is 2.34. The standard InChI is InChI=1S/C12H11N3O2/c1-7-6-8(2)15-10(12(16)17)9(7)11-13-4-3-5-14-11/h3-6H,1-2H3,(H,16,17). The Morgan fingerprint density at radius 1 is 1.24 bits per heavy atom. The summed E-state index contributed by atoms with van der Waals surface area (Å²) >= 11 is 0. The van der Waals surface area contributed by atoms with Crippen molar-refractivity contribution in [1.82, 2.24) is 15.0 Å². The summed E-state index contributed by atoms with van der Waals surface area (Å²) in [6.45, 7) is 3.59. The van der Waals surface area contributed by atoms with E-state index in [1.54, 1.807) is 25.4 Å². The molecule has 0 fully saturated rings. The fraction of sp³-hybridized carbons (Fsp3) is 0.167. The van der Waals surface area contributed by atoms with Crippen LogP contribution in [0.25, 0.3) is 11.4 Å². The molecule has 86 valence electrons. The van der Waals surface area contributed by atoms with Crippen LogP contribution in [0.4, 0.5) is 0 Å². The Kier molecular flexibility index (Phi) is 2.82. The Labute approximate surface area is 98.2 Å². The summed E-state index contributed by atoms with van der Waals surface area (Å²) in [5.41, 5.74) is 1.94. The van der Waals surface area contributed by atoms with Gasteiger partial charge in [0, 0.05) is 18.1 Å². The zero-order valence-electron chi connectivity index (χ0n) is 9.51. The monoisotopic (exact) mass is 229 g/mol. The van der Waals surface area contributed by atoms with Crippen LogP contribution in [0.1, 0.15) is 21.7 Å². The van der Waals surface area contributed by atoms with Crippen molar-refractivity contribution in [2.75, 3.05) is 0 Å². The molecule has 2 aromatic heterocycles. The van der Waals surface area contributed by atoms with Gasteiger partial charge in [-0.05, 0) is 31.5 Å². The Hall–Kier alpha value is -2.30. The lowest BCUT2D eigenvalue weighted by Crippen LogP contribution is -2.07. The highest BCUT2D eigenvalue weighted by atomic mass is 16.4. The Morgan fingerprint density at radius 3 is 2.47 bits per heavy atom. The quantitative estimate of drug-likeness (QED) is 0.850. The summed E-state index contributed by atoms with van der Waals surface area (Å²) in [7, 11) is 0. The summed E-state index contributed by atoms with van der Waals surface area (Å²) in [5, 5.41) is 9.16. The number of carboxylic acids is 1. The van der Waals surface area contributed by atoms with Gasteiger partial charge in [0.05, 0.1) is 5.56 Å². The van der Waals surface area contributed by atoms with E-state index in [2.05, 4.69) is 15.0 Å². The molecule has 0 saturated heterocycles. The van der Waals surface area contributed by atoms with E-state index in [0.717, 1.165) is 5.56 Å². The van der Waals surface area contributed by atoms with Crippen molar-refractivity contribution in [3.63, 3.8) is 0 Å². The number of hydrogen-bond donors (Lipinski definition) is 1. The molecule has 0 amide bonds. The summed E-state index contributed by atoms with van der Waals surface area (Å²) < 4.78 is 0. The molecular formula is C12H11N3O2. The SMILES string of the molecule is Cc1cc(C)c(-c2ncccn2)c(C(=O)O)n1. The first-order chi connectivity index (χ1) is 8.09. The van der Waals surface area contributed by atoms with E-state index >= 15 is 0 Å². The molecule has 5 nitrogen and oxygen atoms in total. The molecule has 5 heteroatoms. The fourth-order valence-corrected chi connectivity index (χ4v) is 1.70. The van der Waals surface area contributed by atoms with E-state index < -0.39 is 5.97 Å². The average molecular weight is 229 g/mol. The number of carboxylic acid groups (broad SMARTS) is 1. The molecule has 2 rings (SSSR count). The third-order valence-corrected chi connectivity index (χ3v) is 2.34. The Balaban J connectivity index is 2.72. The smallest absolute Gasteiger partial charge is 0.355 e. The number of pyridine rings is 1. The van der Waals surface area contributed by atoms with Crippen LogP contribution >= 0.6 is 0 Å². The van der Waals surface area contributed by atoms with Gasteiger partial charge in [0.1, 0.15) is 0 Å². The molecule has 0 bridgehead atoms. The minimum Gasteiger partial charge on any atom is -0.476 e. The van der Waals surface area contributed by atoms with Gasteiger partial charge in [-0.25, -0.2) is 19.7 Å². The molecule has 0 saturated carbocycles. The van der Waals surface area contributed by atoms with Gasteiger partial charge < -0.3 is 5.11 Å². The van der Waals surface area contributed by atoms with Crippen LogP contribution in [0, 0.1) is 13.8 Å². The van der Waals surface area contributed by atoms with E-state index in [1.807, 2.05) is 13.0 Å². The third kappa shape index (κ3) is 2.13. The van der Waals surface area contributed by atoms with E-state index in [1.165, 1.54) is 0 Å². The lowest BCUT2D eigenvalue weighted by molar-refractivity contribution is 0.0691. The molecule has 0 aliphatic heterocycles. The number of aromatic nitrogens is 3. The van der Waals surface area contributed by atoms with Crippen molar-refractivity contribution in [2.45, 2.75) is 13.8 Å². The van der Waals surface area contributed by atoms with Crippen molar-refractivity contribution >= 4 is 5.97 Å². The molecule has 0 unspecified atom stereocenters. The number of nitrogens with zero attached hydrogens (tertiary/aromatic N) is 3. The summed E-state index contributed by atoms with van der Waals surface area (Å²) in [4.78, 5) is 23.3. The topological polar surface area (TPSA) is 76.0 Å². The highest BCUT2D eigenvalue weighted by Crippen LogP contribution is 2.23. The van der Waals surface area contributed by atoms with Crippen LogP contribution < -0.4 is 0 Å². The second-order valence-electron chi connectivity index (χ2n) is 3.68. The minimum atomic E-state index is -1.07. The largest absolute Gasteiger partial charge is 0.476 e. The average Bonchev–Trinajstić information content (AvgIpc) is 2.29. The van der Waals surface area contributed by atoms with Crippen LogP contribution in [0.3, 0.4) is 0 Å². The van der Waals surface area contributed by atoms with Crippen molar-refractivity contribution in [2.24, 2.45) is 0 Å². The lowest BCUT2D eigenvalue weighted by Gasteiger charge is -2.08. The predicted octanol–water partition coefficient (Wildman–Crippen LogP) is 1.85. The van der Waals surface area contributed by atoms with E-state index in [0.29, 0.717) is 17.1 Å². The molecule has 0 spiro atoms. The van der Waals surface area contributed by atoms with E-state index in [4.69, 9.17) is 5.11 Å². The molecule has 1 N–H and O–H groups in total. The number of aromatic carboxylic acids is 1. The highest BCUT2D eigenvalue weighted by Gasteiger charge is 2.18. The summed E-state index contributed by atoms with van der Waals surface area (Å²) in [6.07, 6.45) is 3.15. The second kappa shape index (κ2) is 4.29. The molecule has 0 aliphatic carbocycles.